The highest BCUT2D eigenvalue weighted by Crippen LogP contribution is 2.28. The van der Waals surface area contributed by atoms with Crippen LogP contribution in [0.2, 0.25) is 5.02 Å². The smallest absolute Gasteiger partial charge is 0.257 e. The summed E-state index contributed by atoms with van der Waals surface area (Å²) >= 11 is 5.93. The van der Waals surface area contributed by atoms with Crippen LogP contribution in [0.4, 0.5) is 0 Å². The van der Waals surface area contributed by atoms with Crippen molar-refractivity contribution in [3.63, 3.8) is 0 Å². The third kappa shape index (κ3) is 3.26. The topological polar surface area (TPSA) is 91.1 Å². The molecule has 0 unspecified atom stereocenters. The number of rotatable bonds is 3. The summed E-state index contributed by atoms with van der Waals surface area (Å²) in [5.74, 6) is -0.756. The number of halogens is 1. The molecular formula is C18H20ClN3O3. The van der Waals surface area contributed by atoms with E-state index < -0.39 is 11.4 Å². The Balaban J connectivity index is 1.96. The van der Waals surface area contributed by atoms with Gasteiger partial charge in [-0.1, -0.05) is 30.9 Å². The number of aromatic amines is 1. The SMILES string of the molecule is CNC(=O)C1(NC(=O)c2c[nH]c3cc(Cl)ccc3c2=O)CCCCC1. The minimum atomic E-state index is -0.953. The zero-order valence-corrected chi connectivity index (χ0v) is 14.7. The first-order valence-corrected chi connectivity index (χ1v) is 8.70. The Kier molecular flexibility index (Phi) is 4.81. The molecule has 25 heavy (non-hydrogen) atoms. The zero-order chi connectivity index (χ0) is 18.0. The molecular weight excluding hydrogens is 342 g/mol. The van der Waals surface area contributed by atoms with E-state index in [1.165, 1.54) is 6.20 Å². The molecule has 0 spiro atoms. The molecule has 1 aromatic carbocycles. The van der Waals surface area contributed by atoms with E-state index in [9.17, 15) is 14.4 Å². The highest BCUT2D eigenvalue weighted by molar-refractivity contribution is 6.31. The fourth-order valence-electron chi connectivity index (χ4n) is 3.45. The Hall–Kier alpha value is -2.34. The van der Waals surface area contributed by atoms with E-state index in [4.69, 9.17) is 11.6 Å². The number of amides is 2. The largest absolute Gasteiger partial charge is 0.360 e. The van der Waals surface area contributed by atoms with Gasteiger partial charge in [-0.25, -0.2) is 0 Å². The second kappa shape index (κ2) is 6.88. The summed E-state index contributed by atoms with van der Waals surface area (Å²) < 4.78 is 0. The molecule has 2 aromatic rings. The van der Waals surface area contributed by atoms with Crippen molar-refractivity contribution in [2.45, 2.75) is 37.6 Å². The Morgan fingerprint density at radius 2 is 1.92 bits per heavy atom. The normalized spacial score (nSPS) is 16.4. The maximum atomic E-state index is 12.7. The van der Waals surface area contributed by atoms with E-state index in [2.05, 4.69) is 15.6 Å². The molecule has 132 valence electrons. The minimum absolute atomic E-state index is 0.0105. The lowest BCUT2D eigenvalue weighted by molar-refractivity contribution is -0.128. The van der Waals surface area contributed by atoms with E-state index in [-0.39, 0.29) is 16.9 Å². The van der Waals surface area contributed by atoms with Crippen LogP contribution < -0.4 is 16.1 Å². The number of pyridine rings is 1. The molecule has 6 nitrogen and oxygen atoms in total. The van der Waals surface area contributed by atoms with Crippen molar-refractivity contribution in [1.82, 2.24) is 15.6 Å². The highest BCUT2D eigenvalue weighted by Gasteiger charge is 2.40. The van der Waals surface area contributed by atoms with Crippen LogP contribution in [0, 0.1) is 0 Å². The van der Waals surface area contributed by atoms with Crippen molar-refractivity contribution in [2.24, 2.45) is 0 Å². The maximum absolute atomic E-state index is 12.7. The number of nitrogens with one attached hydrogen (secondary N) is 3. The molecule has 0 atom stereocenters. The first-order valence-electron chi connectivity index (χ1n) is 8.32. The molecule has 1 aliphatic carbocycles. The first kappa shape index (κ1) is 17.5. The van der Waals surface area contributed by atoms with Gasteiger partial charge in [0.05, 0.1) is 5.52 Å². The average molecular weight is 362 g/mol. The van der Waals surface area contributed by atoms with Gasteiger partial charge >= 0.3 is 0 Å². The van der Waals surface area contributed by atoms with E-state index >= 15 is 0 Å². The molecule has 1 aliphatic rings. The number of benzene rings is 1. The van der Waals surface area contributed by atoms with Crippen LogP contribution >= 0.6 is 11.6 Å². The predicted octanol–water partition coefficient (Wildman–Crippen LogP) is 2.36. The Morgan fingerprint density at radius 3 is 2.60 bits per heavy atom. The number of fused-ring (bicyclic) bond motifs is 1. The first-order chi connectivity index (χ1) is 12.0. The minimum Gasteiger partial charge on any atom is -0.360 e. The van der Waals surface area contributed by atoms with Crippen molar-refractivity contribution < 1.29 is 9.59 Å². The number of carbonyl (C=O) groups is 2. The maximum Gasteiger partial charge on any atom is 0.257 e. The molecule has 0 bridgehead atoms. The number of aromatic nitrogens is 1. The van der Waals surface area contributed by atoms with Gasteiger partial charge in [0.1, 0.15) is 11.1 Å². The molecule has 1 saturated carbocycles. The molecule has 3 rings (SSSR count). The third-order valence-corrected chi connectivity index (χ3v) is 5.04. The predicted molar refractivity (Wildman–Crippen MR) is 96.9 cm³/mol. The van der Waals surface area contributed by atoms with Crippen molar-refractivity contribution >= 4 is 34.3 Å². The molecule has 0 radical (unpaired) electrons. The van der Waals surface area contributed by atoms with Gasteiger partial charge in [-0.15, -0.1) is 0 Å². The lowest BCUT2D eigenvalue weighted by atomic mass is 9.80. The van der Waals surface area contributed by atoms with Crippen molar-refractivity contribution in [2.75, 3.05) is 7.05 Å². The van der Waals surface area contributed by atoms with E-state index in [1.807, 2.05) is 0 Å². The Labute approximate surface area is 149 Å². The summed E-state index contributed by atoms with van der Waals surface area (Å²) in [4.78, 5) is 40.7. The zero-order valence-electron chi connectivity index (χ0n) is 13.9. The second-order valence-corrected chi connectivity index (χ2v) is 6.83. The molecule has 0 saturated heterocycles. The molecule has 3 N–H and O–H groups in total. The van der Waals surface area contributed by atoms with E-state index in [1.54, 1.807) is 25.2 Å². The molecule has 7 heteroatoms. The van der Waals surface area contributed by atoms with Crippen molar-refractivity contribution in [3.8, 4) is 0 Å². The lowest BCUT2D eigenvalue weighted by Gasteiger charge is -2.36. The quantitative estimate of drug-likeness (QED) is 0.783. The Morgan fingerprint density at radius 1 is 1.20 bits per heavy atom. The molecule has 0 aliphatic heterocycles. The van der Waals surface area contributed by atoms with Gasteiger partial charge in [0.2, 0.25) is 11.3 Å². The highest BCUT2D eigenvalue weighted by atomic mass is 35.5. The number of H-pyrrole nitrogens is 1. The van der Waals surface area contributed by atoms with Crippen LogP contribution in [0.3, 0.4) is 0 Å². The number of hydrogen-bond donors (Lipinski definition) is 3. The van der Waals surface area contributed by atoms with Gasteiger partial charge in [0.15, 0.2) is 0 Å². The van der Waals surface area contributed by atoms with Gasteiger partial charge in [-0.05, 0) is 31.0 Å². The van der Waals surface area contributed by atoms with Crippen molar-refractivity contribution in [3.05, 3.63) is 45.2 Å². The fraction of sp³-hybridized carbons (Fsp3) is 0.389. The van der Waals surface area contributed by atoms with Crippen LogP contribution in [-0.2, 0) is 4.79 Å². The van der Waals surface area contributed by atoms with Crippen molar-refractivity contribution in [1.29, 1.82) is 0 Å². The number of hydrogen-bond acceptors (Lipinski definition) is 3. The monoisotopic (exact) mass is 361 g/mol. The summed E-state index contributed by atoms with van der Waals surface area (Å²) in [6.45, 7) is 0. The van der Waals surface area contributed by atoms with Gasteiger partial charge in [0.25, 0.3) is 5.91 Å². The van der Waals surface area contributed by atoms with Gasteiger partial charge in [0, 0.05) is 23.7 Å². The fourth-order valence-corrected chi connectivity index (χ4v) is 3.62. The van der Waals surface area contributed by atoms with Crippen LogP contribution in [0.25, 0.3) is 10.9 Å². The average Bonchev–Trinajstić information content (AvgIpc) is 2.61. The summed E-state index contributed by atoms with van der Waals surface area (Å²) in [5.41, 5.74) is -0.784. The summed E-state index contributed by atoms with van der Waals surface area (Å²) in [7, 11) is 1.55. The number of carbonyl (C=O) groups excluding carboxylic acids is 2. The number of likely N-dealkylation sites (N-methyl/N-ethyl adjacent to an activating group) is 1. The summed E-state index contributed by atoms with van der Waals surface area (Å²) in [6, 6.07) is 4.82. The van der Waals surface area contributed by atoms with Crippen LogP contribution in [0.1, 0.15) is 42.5 Å². The van der Waals surface area contributed by atoms with Gasteiger partial charge in [-0.3, -0.25) is 14.4 Å². The van der Waals surface area contributed by atoms with Crippen LogP contribution in [-0.4, -0.2) is 29.4 Å². The van der Waals surface area contributed by atoms with Crippen LogP contribution in [0.15, 0.2) is 29.2 Å². The summed E-state index contributed by atoms with van der Waals surface area (Å²) in [6.07, 6.45) is 5.27. The second-order valence-electron chi connectivity index (χ2n) is 6.40. The van der Waals surface area contributed by atoms with Crippen LogP contribution in [0.5, 0.6) is 0 Å². The summed E-state index contributed by atoms with van der Waals surface area (Å²) in [5, 5.41) is 6.33. The molecule has 1 heterocycles. The molecule has 1 aromatic heterocycles. The standard InChI is InChI=1S/C18H20ClN3O3/c1-20-17(25)18(7-3-2-4-8-18)22-16(24)13-10-21-14-9-11(19)5-6-12(14)15(13)23/h5-6,9-10H,2-4,7-8H2,1H3,(H,20,25)(H,21,23)(H,22,24). The lowest BCUT2D eigenvalue weighted by Crippen LogP contribution is -2.59. The Bertz CT molecular complexity index is 885. The van der Waals surface area contributed by atoms with Gasteiger partial charge in [-0.2, -0.15) is 0 Å². The molecule has 1 fully saturated rings. The van der Waals surface area contributed by atoms with E-state index in [0.29, 0.717) is 28.8 Å². The van der Waals surface area contributed by atoms with Gasteiger partial charge < -0.3 is 15.6 Å². The third-order valence-electron chi connectivity index (χ3n) is 4.81. The van der Waals surface area contributed by atoms with E-state index in [0.717, 1.165) is 19.3 Å². The molecule has 2 amide bonds.